The number of fused-ring (bicyclic) bond motifs is 1. The van der Waals surface area contributed by atoms with Gasteiger partial charge in [0.05, 0.1) is 30.6 Å². The van der Waals surface area contributed by atoms with Crippen LogP contribution in [-0.2, 0) is 19.1 Å². The van der Waals surface area contributed by atoms with Gasteiger partial charge < -0.3 is 24.5 Å². The highest BCUT2D eigenvalue weighted by Gasteiger charge is 2.77. The molecule has 1 N–H and O–H groups in total. The highest BCUT2D eigenvalue weighted by molar-refractivity contribution is 9.09. The van der Waals surface area contributed by atoms with Gasteiger partial charge in [0.15, 0.2) is 0 Å². The molecule has 7 atom stereocenters. The van der Waals surface area contributed by atoms with Crippen LogP contribution in [0.1, 0.15) is 51.1 Å². The van der Waals surface area contributed by atoms with Gasteiger partial charge in [-0.25, -0.2) is 0 Å². The van der Waals surface area contributed by atoms with Crippen molar-refractivity contribution in [3.8, 4) is 0 Å². The summed E-state index contributed by atoms with van der Waals surface area (Å²) in [5.41, 5.74) is -0.462. The van der Waals surface area contributed by atoms with Crippen molar-refractivity contribution >= 4 is 33.7 Å². The number of alkyl halides is 1. The normalized spacial score (nSPS) is 29.2. The molecule has 3 aliphatic heterocycles. The van der Waals surface area contributed by atoms with Crippen LogP contribution in [0.2, 0.25) is 0 Å². The van der Waals surface area contributed by atoms with E-state index in [1.807, 2.05) is 37.3 Å². The fourth-order valence-corrected chi connectivity index (χ4v) is 7.83. The molecule has 1 aromatic rings. The number of benzene rings is 1. The van der Waals surface area contributed by atoms with Crippen molar-refractivity contribution in [2.24, 2.45) is 11.8 Å². The molecule has 0 radical (unpaired) electrons. The molecule has 3 fully saturated rings. The number of amides is 3. The third-order valence-electron chi connectivity index (χ3n) is 8.54. The molecule has 2 bridgehead atoms. The summed E-state index contributed by atoms with van der Waals surface area (Å²) in [6, 6.07) is 7.52. The van der Waals surface area contributed by atoms with Gasteiger partial charge in [-0.2, -0.15) is 0 Å². The Morgan fingerprint density at radius 3 is 2.35 bits per heavy atom. The lowest BCUT2D eigenvalue weighted by Gasteiger charge is -2.39. The van der Waals surface area contributed by atoms with E-state index < -0.39 is 35.6 Å². The predicted octanol–water partition coefficient (Wildman–Crippen LogP) is 3.71. The van der Waals surface area contributed by atoms with Gasteiger partial charge in [0, 0.05) is 31.0 Å². The van der Waals surface area contributed by atoms with Crippen molar-refractivity contribution < 1.29 is 24.2 Å². The second-order valence-corrected chi connectivity index (χ2v) is 12.2. The van der Waals surface area contributed by atoms with E-state index in [0.29, 0.717) is 32.6 Å². The molecule has 8 nitrogen and oxygen atoms in total. The number of hydrogen-bond acceptors (Lipinski definition) is 5. The second-order valence-electron chi connectivity index (χ2n) is 11.0. The Labute approximate surface area is 246 Å². The SMILES string of the molecule is C=CCN(CCCC)C(=O)C1N([C@H](CO)c2ccccc2)C(=O)[C@@H]2[C@@H](C(=O)N(CC=C)CCC)[C@@H]3OC12CC3Br. The molecule has 9 heteroatoms. The predicted molar refractivity (Wildman–Crippen MR) is 158 cm³/mol. The molecule has 3 heterocycles. The number of carbonyl (C=O) groups excluding carboxylic acids is 3. The third-order valence-corrected chi connectivity index (χ3v) is 9.38. The van der Waals surface area contributed by atoms with Crippen LogP contribution in [-0.4, -0.2) is 92.9 Å². The van der Waals surface area contributed by atoms with Crippen LogP contribution in [0.15, 0.2) is 55.6 Å². The number of aliphatic hydroxyl groups excluding tert-OH is 1. The van der Waals surface area contributed by atoms with Crippen molar-refractivity contribution in [1.82, 2.24) is 14.7 Å². The van der Waals surface area contributed by atoms with Crippen molar-refractivity contribution in [2.75, 3.05) is 32.8 Å². The standard InChI is InChI=1S/C31H42BrN3O5/c1-5-9-18-34(17-8-4)30(39)27-31-19-22(32)26(40-31)24(28(37)33(15-6-2)16-7-3)25(31)29(38)35(27)23(20-36)21-13-11-10-12-14-21/h6,8,10-14,22-27,36H,2,4-5,7,9,15-20H2,1,3H3/t22?,23-,24-,25+,26-,27?,31?/m1/s1. The topological polar surface area (TPSA) is 90.4 Å². The summed E-state index contributed by atoms with van der Waals surface area (Å²) in [7, 11) is 0. The number of likely N-dealkylation sites (tertiary alicyclic amines) is 1. The van der Waals surface area contributed by atoms with Crippen molar-refractivity contribution in [3.05, 3.63) is 61.2 Å². The molecule has 40 heavy (non-hydrogen) atoms. The summed E-state index contributed by atoms with van der Waals surface area (Å²) in [5, 5.41) is 10.7. The Morgan fingerprint density at radius 2 is 1.77 bits per heavy atom. The first kappa shape index (κ1) is 30.5. The highest BCUT2D eigenvalue weighted by Crippen LogP contribution is 2.61. The Kier molecular flexibility index (Phi) is 9.90. The van der Waals surface area contributed by atoms with Gasteiger partial charge in [-0.1, -0.05) is 78.7 Å². The molecule has 0 aromatic heterocycles. The largest absolute Gasteiger partial charge is 0.394 e. The maximum absolute atomic E-state index is 14.6. The van der Waals surface area contributed by atoms with Crippen LogP contribution < -0.4 is 0 Å². The number of nitrogens with zero attached hydrogens (tertiary/aromatic N) is 3. The number of ether oxygens (including phenoxy) is 1. The monoisotopic (exact) mass is 615 g/mol. The average molecular weight is 617 g/mol. The highest BCUT2D eigenvalue weighted by atomic mass is 79.9. The fourth-order valence-electron chi connectivity index (χ4n) is 6.89. The second kappa shape index (κ2) is 13.0. The van der Waals surface area contributed by atoms with E-state index in [1.54, 1.807) is 22.0 Å². The average Bonchev–Trinajstić information content (AvgIpc) is 3.55. The first-order valence-corrected chi connectivity index (χ1v) is 15.3. The lowest BCUT2D eigenvalue weighted by molar-refractivity contribution is -0.152. The summed E-state index contributed by atoms with van der Waals surface area (Å²) >= 11 is 3.75. The zero-order chi connectivity index (χ0) is 29.0. The molecular weight excluding hydrogens is 574 g/mol. The minimum Gasteiger partial charge on any atom is -0.394 e. The van der Waals surface area contributed by atoms with Crippen LogP contribution in [0.5, 0.6) is 0 Å². The first-order valence-electron chi connectivity index (χ1n) is 14.4. The quantitative estimate of drug-likeness (QED) is 0.255. The lowest BCUT2D eigenvalue weighted by Crippen LogP contribution is -2.57. The van der Waals surface area contributed by atoms with Crippen molar-refractivity contribution in [2.45, 2.75) is 68.1 Å². The summed E-state index contributed by atoms with van der Waals surface area (Å²) in [6.45, 7) is 13.1. The van der Waals surface area contributed by atoms with Gasteiger partial charge in [0.2, 0.25) is 17.7 Å². The minimum atomic E-state index is -1.19. The van der Waals surface area contributed by atoms with E-state index in [-0.39, 0.29) is 29.2 Å². The smallest absolute Gasteiger partial charge is 0.248 e. The van der Waals surface area contributed by atoms with Gasteiger partial charge in [0.1, 0.15) is 11.6 Å². The zero-order valence-electron chi connectivity index (χ0n) is 23.6. The van der Waals surface area contributed by atoms with E-state index >= 15 is 0 Å². The molecule has 218 valence electrons. The Bertz CT molecular complexity index is 1100. The van der Waals surface area contributed by atoms with Gasteiger partial charge >= 0.3 is 0 Å². The zero-order valence-corrected chi connectivity index (χ0v) is 25.2. The summed E-state index contributed by atoms with van der Waals surface area (Å²) in [5.74, 6) is -2.27. The van der Waals surface area contributed by atoms with Crippen LogP contribution >= 0.6 is 15.9 Å². The number of halogens is 1. The van der Waals surface area contributed by atoms with E-state index in [9.17, 15) is 19.5 Å². The molecule has 0 saturated carbocycles. The van der Waals surface area contributed by atoms with Gasteiger partial charge in [-0.15, -0.1) is 13.2 Å². The Morgan fingerprint density at radius 1 is 1.12 bits per heavy atom. The van der Waals surface area contributed by atoms with Gasteiger partial charge in [-0.05, 0) is 24.8 Å². The van der Waals surface area contributed by atoms with Crippen LogP contribution in [0.4, 0.5) is 0 Å². The summed E-state index contributed by atoms with van der Waals surface area (Å²) < 4.78 is 6.70. The molecule has 3 amide bonds. The van der Waals surface area contributed by atoms with E-state index in [0.717, 1.165) is 24.8 Å². The van der Waals surface area contributed by atoms with Crippen LogP contribution in [0.3, 0.4) is 0 Å². The maximum Gasteiger partial charge on any atom is 0.248 e. The molecule has 1 aromatic carbocycles. The number of aliphatic hydroxyl groups is 1. The molecule has 4 rings (SSSR count). The molecule has 3 aliphatic rings. The summed E-state index contributed by atoms with van der Waals surface area (Å²) in [6.07, 6.45) is 5.74. The fraction of sp³-hybridized carbons (Fsp3) is 0.581. The third kappa shape index (κ3) is 5.16. The lowest BCUT2D eigenvalue weighted by atomic mass is 9.70. The van der Waals surface area contributed by atoms with Gasteiger partial charge in [0.25, 0.3) is 0 Å². The number of hydrogen-bond donors (Lipinski definition) is 1. The van der Waals surface area contributed by atoms with Crippen molar-refractivity contribution in [3.63, 3.8) is 0 Å². The first-order chi connectivity index (χ1) is 19.3. The number of unbranched alkanes of at least 4 members (excludes halogenated alkanes) is 1. The van der Waals surface area contributed by atoms with Crippen LogP contribution in [0, 0.1) is 11.8 Å². The summed E-state index contributed by atoms with van der Waals surface area (Å²) in [4.78, 5) is 47.9. The molecule has 3 unspecified atom stereocenters. The van der Waals surface area contributed by atoms with E-state index in [2.05, 4.69) is 36.0 Å². The number of carbonyl (C=O) groups is 3. The Balaban J connectivity index is 1.84. The maximum atomic E-state index is 14.6. The van der Waals surface area contributed by atoms with Crippen molar-refractivity contribution in [1.29, 1.82) is 0 Å². The molecule has 0 aliphatic carbocycles. The molecule has 3 saturated heterocycles. The number of rotatable bonds is 14. The van der Waals surface area contributed by atoms with E-state index in [4.69, 9.17) is 4.74 Å². The Hall–Kier alpha value is -2.49. The van der Waals surface area contributed by atoms with E-state index in [1.165, 1.54) is 4.90 Å². The van der Waals surface area contributed by atoms with Crippen LogP contribution in [0.25, 0.3) is 0 Å². The molecular formula is C31H42BrN3O5. The minimum absolute atomic E-state index is 0.154. The molecule has 1 spiro atoms. The van der Waals surface area contributed by atoms with Gasteiger partial charge in [-0.3, -0.25) is 14.4 Å².